The van der Waals surface area contributed by atoms with Crippen molar-refractivity contribution in [2.24, 2.45) is 4.99 Å². The summed E-state index contributed by atoms with van der Waals surface area (Å²) in [6, 6.07) is 7.45. The van der Waals surface area contributed by atoms with Gasteiger partial charge in [0, 0.05) is 22.8 Å². The lowest BCUT2D eigenvalue weighted by Gasteiger charge is -2.03. The first-order chi connectivity index (χ1) is 7.65. The number of aliphatic imine (C=N–C) groups is 1. The van der Waals surface area contributed by atoms with Crippen molar-refractivity contribution in [2.75, 3.05) is 13.1 Å². The molecule has 0 saturated heterocycles. The second kappa shape index (κ2) is 6.28. The first-order valence-corrected chi connectivity index (χ1v) is 5.55. The lowest BCUT2D eigenvalue weighted by molar-refractivity contribution is -0.119. The van der Waals surface area contributed by atoms with Gasteiger partial charge in [0.25, 0.3) is 0 Å². The molecule has 1 aromatic rings. The van der Waals surface area contributed by atoms with Crippen LogP contribution in [0.25, 0.3) is 0 Å². The van der Waals surface area contributed by atoms with E-state index in [9.17, 15) is 4.79 Å². The zero-order valence-electron chi connectivity index (χ0n) is 9.46. The molecule has 0 saturated carbocycles. The predicted octanol–water partition coefficient (Wildman–Crippen LogP) is 2.29. The average molecular weight is 239 g/mol. The molecule has 0 heterocycles. The fourth-order valence-corrected chi connectivity index (χ4v) is 1.56. The molecule has 0 fully saturated rings. The van der Waals surface area contributed by atoms with E-state index in [1.54, 1.807) is 0 Å². The molecule has 3 nitrogen and oxygen atoms in total. The summed E-state index contributed by atoms with van der Waals surface area (Å²) >= 11 is 6.01. The van der Waals surface area contributed by atoms with Gasteiger partial charge in [-0.3, -0.25) is 9.79 Å². The number of halogens is 1. The molecule has 1 N–H and O–H groups in total. The highest BCUT2D eigenvalue weighted by Gasteiger charge is 2.03. The van der Waals surface area contributed by atoms with Crippen molar-refractivity contribution in [2.45, 2.75) is 13.8 Å². The fourth-order valence-electron chi connectivity index (χ4n) is 1.28. The number of benzene rings is 1. The molecule has 0 bridgehead atoms. The molecule has 0 aliphatic rings. The second-order valence-electron chi connectivity index (χ2n) is 3.33. The Morgan fingerprint density at radius 3 is 2.75 bits per heavy atom. The van der Waals surface area contributed by atoms with E-state index < -0.39 is 0 Å². The Hall–Kier alpha value is -1.35. The number of carbonyl (C=O) groups is 1. The number of nitrogens with zero attached hydrogens (tertiary/aromatic N) is 1. The Labute approximate surface area is 101 Å². The number of hydrogen-bond acceptors (Lipinski definition) is 2. The molecule has 0 aromatic heterocycles. The van der Waals surface area contributed by atoms with Crippen LogP contribution in [0.1, 0.15) is 19.4 Å². The van der Waals surface area contributed by atoms with Crippen LogP contribution in [0.4, 0.5) is 0 Å². The second-order valence-corrected chi connectivity index (χ2v) is 3.74. The molecule has 0 aliphatic carbocycles. The average Bonchev–Trinajstić information content (AvgIpc) is 2.27. The summed E-state index contributed by atoms with van der Waals surface area (Å²) in [6.07, 6.45) is 0. The zero-order chi connectivity index (χ0) is 12.0. The minimum Gasteiger partial charge on any atom is -0.355 e. The number of hydrogen-bond donors (Lipinski definition) is 1. The van der Waals surface area contributed by atoms with E-state index in [1.165, 1.54) is 0 Å². The smallest absolute Gasteiger partial charge is 0.241 e. The van der Waals surface area contributed by atoms with Crippen LogP contribution in [0.5, 0.6) is 0 Å². The molecule has 4 heteroatoms. The van der Waals surface area contributed by atoms with Crippen molar-refractivity contribution in [3.63, 3.8) is 0 Å². The third kappa shape index (κ3) is 3.66. The predicted molar refractivity (Wildman–Crippen MR) is 67.2 cm³/mol. The van der Waals surface area contributed by atoms with Crippen LogP contribution < -0.4 is 5.32 Å². The van der Waals surface area contributed by atoms with Crippen molar-refractivity contribution >= 4 is 23.2 Å². The fraction of sp³-hybridized carbons (Fsp3) is 0.333. The molecule has 1 amide bonds. The van der Waals surface area contributed by atoms with Gasteiger partial charge in [-0.15, -0.1) is 0 Å². The number of nitrogens with one attached hydrogen (secondary N) is 1. The molecular weight excluding hydrogens is 224 g/mol. The molecule has 0 aliphatic heterocycles. The summed E-state index contributed by atoms with van der Waals surface area (Å²) in [6.45, 7) is 4.49. The highest BCUT2D eigenvalue weighted by Crippen LogP contribution is 2.15. The summed E-state index contributed by atoms with van der Waals surface area (Å²) in [4.78, 5) is 15.4. The van der Waals surface area contributed by atoms with E-state index in [1.807, 2.05) is 38.1 Å². The summed E-state index contributed by atoms with van der Waals surface area (Å²) < 4.78 is 0. The SMILES string of the molecule is CCNC(=O)CN=C(C)c1ccccc1Cl. The monoisotopic (exact) mass is 238 g/mol. The normalized spacial score (nSPS) is 11.3. The zero-order valence-corrected chi connectivity index (χ0v) is 10.2. The molecule has 0 unspecified atom stereocenters. The van der Waals surface area contributed by atoms with E-state index in [-0.39, 0.29) is 12.5 Å². The number of carbonyl (C=O) groups excluding carboxylic acids is 1. The van der Waals surface area contributed by atoms with E-state index >= 15 is 0 Å². The third-order valence-corrected chi connectivity index (χ3v) is 2.43. The van der Waals surface area contributed by atoms with Gasteiger partial charge in [-0.2, -0.15) is 0 Å². The van der Waals surface area contributed by atoms with Crippen LogP contribution in [-0.2, 0) is 4.79 Å². The van der Waals surface area contributed by atoms with Crippen LogP contribution in [-0.4, -0.2) is 24.7 Å². The molecule has 16 heavy (non-hydrogen) atoms. The number of rotatable bonds is 4. The van der Waals surface area contributed by atoms with Crippen LogP contribution >= 0.6 is 11.6 Å². The van der Waals surface area contributed by atoms with Crippen molar-refractivity contribution in [3.05, 3.63) is 34.9 Å². The summed E-state index contributed by atoms with van der Waals surface area (Å²) in [7, 11) is 0. The molecule has 0 radical (unpaired) electrons. The van der Waals surface area contributed by atoms with Gasteiger partial charge in [-0.1, -0.05) is 29.8 Å². The third-order valence-electron chi connectivity index (χ3n) is 2.10. The Bertz CT molecular complexity index is 402. The maximum Gasteiger partial charge on any atom is 0.241 e. The standard InChI is InChI=1S/C12H15ClN2O/c1-3-14-12(16)8-15-9(2)10-6-4-5-7-11(10)13/h4-7H,3,8H2,1-2H3,(H,14,16). The van der Waals surface area contributed by atoms with Gasteiger partial charge in [-0.05, 0) is 19.9 Å². The molecule has 1 rings (SSSR count). The molecule has 0 atom stereocenters. The van der Waals surface area contributed by atoms with Crippen molar-refractivity contribution in [1.29, 1.82) is 0 Å². The number of likely N-dealkylation sites (N-methyl/N-ethyl adjacent to an activating group) is 1. The first-order valence-electron chi connectivity index (χ1n) is 5.17. The Balaban J connectivity index is 2.71. The lowest BCUT2D eigenvalue weighted by atomic mass is 10.1. The van der Waals surface area contributed by atoms with Crippen LogP contribution in [0.3, 0.4) is 0 Å². The van der Waals surface area contributed by atoms with E-state index in [4.69, 9.17) is 11.6 Å². The van der Waals surface area contributed by atoms with Gasteiger partial charge < -0.3 is 5.32 Å². The van der Waals surface area contributed by atoms with Gasteiger partial charge in [0.1, 0.15) is 6.54 Å². The highest BCUT2D eigenvalue weighted by atomic mass is 35.5. The summed E-state index contributed by atoms with van der Waals surface area (Å²) in [5.41, 5.74) is 1.64. The van der Waals surface area contributed by atoms with Crippen molar-refractivity contribution in [3.8, 4) is 0 Å². The maximum absolute atomic E-state index is 11.2. The van der Waals surface area contributed by atoms with E-state index in [2.05, 4.69) is 10.3 Å². The Morgan fingerprint density at radius 1 is 1.44 bits per heavy atom. The van der Waals surface area contributed by atoms with Crippen LogP contribution in [0, 0.1) is 0 Å². The van der Waals surface area contributed by atoms with Crippen LogP contribution in [0.15, 0.2) is 29.3 Å². The molecule has 1 aromatic carbocycles. The van der Waals surface area contributed by atoms with Gasteiger partial charge >= 0.3 is 0 Å². The molecule has 86 valence electrons. The Kier molecular flexibility index (Phi) is 4.99. The summed E-state index contributed by atoms with van der Waals surface area (Å²) in [5.74, 6) is -0.0751. The van der Waals surface area contributed by atoms with Gasteiger partial charge in [0.2, 0.25) is 5.91 Å². The quantitative estimate of drug-likeness (QED) is 0.804. The Morgan fingerprint density at radius 2 is 2.12 bits per heavy atom. The van der Waals surface area contributed by atoms with E-state index in [0.717, 1.165) is 11.3 Å². The molecule has 0 spiro atoms. The largest absolute Gasteiger partial charge is 0.355 e. The first kappa shape index (κ1) is 12.7. The van der Waals surface area contributed by atoms with Gasteiger partial charge in [0.15, 0.2) is 0 Å². The topological polar surface area (TPSA) is 41.5 Å². The molecular formula is C12H15ClN2O. The van der Waals surface area contributed by atoms with E-state index in [0.29, 0.717) is 11.6 Å². The maximum atomic E-state index is 11.2. The lowest BCUT2D eigenvalue weighted by Crippen LogP contribution is -2.25. The minimum atomic E-state index is -0.0751. The van der Waals surface area contributed by atoms with Gasteiger partial charge in [-0.25, -0.2) is 0 Å². The summed E-state index contributed by atoms with van der Waals surface area (Å²) in [5, 5.41) is 3.34. The number of amides is 1. The highest BCUT2D eigenvalue weighted by molar-refractivity contribution is 6.34. The van der Waals surface area contributed by atoms with Crippen LogP contribution in [0.2, 0.25) is 5.02 Å². The van der Waals surface area contributed by atoms with Crippen molar-refractivity contribution in [1.82, 2.24) is 5.32 Å². The minimum absolute atomic E-state index is 0.0751. The van der Waals surface area contributed by atoms with Gasteiger partial charge in [0.05, 0.1) is 0 Å². The van der Waals surface area contributed by atoms with Crippen molar-refractivity contribution < 1.29 is 4.79 Å².